The van der Waals surface area contributed by atoms with E-state index in [0.717, 1.165) is 12.1 Å². The molecule has 0 bridgehead atoms. The maximum Gasteiger partial charge on any atom is 0.340 e. The first-order chi connectivity index (χ1) is 10.9. The summed E-state index contributed by atoms with van der Waals surface area (Å²) in [5, 5.41) is 2.95. The van der Waals surface area contributed by atoms with Crippen LogP contribution < -0.4 is 5.32 Å². The van der Waals surface area contributed by atoms with E-state index in [0.29, 0.717) is 10.7 Å². The molecule has 0 heterocycles. The Morgan fingerprint density at radius 1 is 1.17 bits per heavy atom. The summed E-state index contributed by atoms with van der Waals surface area (Å²) in [6, 6.07) is 9.82. The van der Waals surface area contributed by atoms with Gasteiger partial charge < -0.3 is 10.1 Å². The number of amides is 1. The predicted octanol–water partition coefficient (Wildman–Crippen LogP) is 4.32. The second-order valence-corrected chi connectivity index (χ2v) is 5.51. The smallest absolute Gasteiger partial charge is 0.340 e. The first kappa shape index (κ1) is 17.2. The number of nitrogens with one attached hydrogen (secondary N) is 1. The molecule has 0 aliphatic rings. The van der Waals surface area contributed by atoms with Gasteiger partial charge in [-0.2, -0.15) is 0 Å². The fourth-order valence-corrected chi connectivity index (χ4v) is 2.18. The fraction of sp³-hybridized carbons (Fsp3) is 0.125. The quantitative estimate of drug-likeness (QED) is 0.831. The number of esters is 1. The first-order valence-electron chi connectivity index (χ1n) is 6.59. The lowest BCUT2D eigenvalue weighted by Gasteiger charge is -2.14. The van der Waals surface area contributed by atoms with Crippen molar-refractivity contribution >= 4 is 40.8 Å². The fourth-order valence-electron chi connectivity index (χ4n) is 1.74. The molecule has 0 aliphatic heterocycles. The van der Waals surface area contributed by atoms with Crippen LogP contribution in [-0.4, -0.2) is 18.0 Å². The number of rotatable bonds is 4. The maximum atomic E-state index is 13.0. The topological polar surface area (TPSA) is 55.4 Å². The van der Waals surface area contributed by atoms with Crippen molar-refractivity contribution in [1.82, 2.24) is 0 Å². The van der Waals surface area contributed by atoms with Crippen LogP contribution in [0.3, 0.4) is 0 Å². The second-order valence-electron chi connectivity index (χ2n) is 4.67. The average molecular weight is 356 g/mol. The summed E-state index contributed by atoms with van der Waals surface area (Å²) in [7, 11) is 0. The minimum absolute atomic E-state index is 0.0181. The van der Waals surface area contributed by atoms with E-state index in [9.17, 15) is 14.0 Å². The Labute approximate surface area is 142 Å². The highest BCUT2D eigenvalue weighted by atomic mass is 35.5. The molecule has 23 heavy (non-hydrogen) atoms. The maximum absolute atomic E-state index is 13.0. The number of hydrogen-bond donors (Lipinski definition) is 1. The van der Waals surface area contributed by atoms with Crippen LogP contribution in [0.4, 0.5) is 10.1 Å². The van der Waals surface area contributed by atoms with Crippen LogP contribution in [0.5, 0.6) is 0 Å². The Balaban J connectivity index is 2.01. The third-order valence-corrected chi connectivity index (χ3v) is 3.44. The van der Waals surface area contributed by atoms with Gasteiger partial charge in [-0.3, -0.25) is 4.79 Å². The van der Waals surface area contributed by atoms with E-state index in [2.05, 4.69) is 5.32 Å². The highest BCUT2D eigenvalue weighted by Crippen LogP contribution is 2.19. The minimum atomic E-state index is -1.07. The second kappa shape index (κ2) is 7.44. The molecule has 0 saturated heterocycles. The SMILES string of the molecule is C[C@@H](OC(=O)c1ccc(F)cc1Cl)C(=O)Nc1cccc(Cl)c1. The van der Waals surface area contributed by atoms with Crippen LogP contribution in [0, 0.1) is 5.82 Å². The van der Waals surface area contributed by atoms with Gasteiger partial charge in [-0.05, 0) is 43.3 Å². The number of carbonyl (C=O) groups is 2. The number of hydrogen-bond acceptors (Lipinski definition) is 3. The zero-order chi connectivity index (χ0) is 17.0. The Morgan fingerprint density at radius 3 is 2.57 bits per heavy atom. The molecule has 7 heteroatoms. The van der Waals surface area contributed by atoms with E-state index in [1.165, 1.54) is 13.0 Å². The molecule has 0 radical (unpaired) electrons. The van der Waals surface area contributed by atoms with Gasteiger partial charge in [0.1, 0.15) is 5.82 Å². The zero-order valence-corrected chi connectivity index (χ0v) is 13.5. The molecule has 1 N–H and O–H groups in total. The molecule has 1 atom stereocenters. The standard InChI is InChI=1S/C16H12Cl2FNO3/c1-9(15(21)20-12-4-2-3-10(17)7-12)23-16(22)13-6-5-11(19)8-14(13)18/h2-9H,1H3,(H,20,21)/t9-/m1/s1. The minimum Gasteiger partial charge on any atom is -0.449 e. The number of benzene rings is 2. The van der Waals surface area contributed by atoms with Gasteiger partial charge in [0, 0.05) is 10.7 Å². The van der Waals surface area contributed by atoms with Gasteiger partial charge in [-0.1, -0.05) is 29.3 Å². The first-order valence-corrected chi connectivity index (χ1v) is 7.35. The van der Waals surface area contributed by atoms with E-state index in [1.807, 2.05) is 0 Å². The van der Waals surface area contributed by atoms with Crippen LogP contribution >= 0.6 is 23.2 Å². The molecule has 0 aromatic heterocycles. The van der Waals surface area contributed by atoms with E-state index in [1.54, 1.807) is 24.3 Å². The van der Waals surface area contributed by atoms with Crippen molar-refractivity contribution in [3.05, 3.63) is 63.9 Å². The largest absolute Gasteiger partial charge is 0.449 e. The summed E-state index contributed by atoms with van der Waals surface area (Å²) in [4.78, 5) is 24.0. The lowest BCUT2D eigenvalue weighted by molar-refractivity contribution is -0.123. The van der Waals surface area contributed by atoms with E-state index in [-0.39, 0.29) is 10.6 Å². The van der Waals surface area contributed by atoms with E-state index >= 15 is 0 Å². The normalized spacial score (nSPS) is 11.7. The van der Waals surface area contributed by atoms with Gasteiger partial charge in [0.15, 0.2) is 6.10 Å². The van der Waals surface area contributed by atoms with Crippen LogP contribution in [0.1, 0.15) is 17.3 Å². The zero-order valence-electron chi connectivity index (χ0n) is 12.0. The van der Waals surface area contributed by atoms with Crippen LogP contribution in [0.15, 0.2) is 42.5 Å². The number of halogens is 3. The molecule has 0 spiro atoms. The monoisotopic (exact) mass is 355 g/mol. The lowest BCUT2D eigenvalue weighted by Crippen LogP contribution is -2.30. The summed E-state index contributed by atoms with van der Waals surface area (Å²) >= 11 is 11.6. The van der Waals surface area contributed by atoms with E-state index < -0.39 is 23.8 Å². The highest BCUT2D eigenvalue weighted by Gasteiger charge is 2.21. The van der Waals surface area contributed by atoms with Crippen molar-refractivity contribution in [2.75, 3.05) is 5.32 Å². The summed E-state index contributed by atoms with van der Waals surface area (Å²) < 4.78 is 18.0. The van der Waals surface area contributed by atoms with Crippen molar-refractivity contribution in [3.63, 3.8) is 0 Å². The van der Waals surface area contributed by atoms with Crippen molar-refractivity contribution in [2.45, 2.75) is 13.0 Å². The van der Waals surface area contributed by atoms with Crippen molar-refractivity contribution in [1.29, 1.82) is 0 Å². The van der Waals surface area contributed by atoms with Crippen molar-refractivity contribution in [2.24, 2.45) is 0 Å². The van der Waals surface area contributed by atoms with Gasteiger partial charge >= 0.3 is 5.97 Å². The molecule has 120 valence electrons. The highest BCUT2D eigenvalue weighted by molar-refractivity contribution is 6.33. The molecule has 2 rings (SSSR count). The van der Waals surface area contributed by atoms with Gasteiger partial charge in [0.2, 0.25) is 0 Å². The Kier molecular flexibility index (Phi) is 5.58. The summed E-state index contributed by atoms with van der Waals surface area (Å²) in [6.07, 6.45) is -1.07. The van der Waals surface area contributed by atoms with Crippen molar-refractivity contribution in [3.8, 4) is 0 Å². The molecule has 2 aromatic carbocycles. The Morgan fingerprint density at radius 2 is 1.91 bits per heavy atom. The number of carbonyl (C=O) groups excluding carboxylic acids is 2. The third-order valence-electron chi connectivity index (χ3n) is 2.90. The van der Waals surface area contributed by atoms with Crippen molar-refractivity contribution < 1.29 is 18.7 Å². The van der Waals surface area contributed by atoms with Crippen LogP contribution in [0.2, 0.25) is 10.0 Å². The van der Waals surface area contributed by atoms with E-state index in [4.69, 9.17) is 27.9 Å². The number of anilines is 1. The molecule has 0 fully saturated rings. The molecule has 0 saturated carbocycles. The predicted molar refractivity (Wildman–Crippen MR) is 86.4 cm³/mol. The average Bonchev–Trinajstić information content (AvgIpc) is 2.46. The molecular weight excluding hydrogens is 344 g/mol. The molecule has 0 unspecified atom stereocenters. The molecular formula is C16H12Cl2FNO3. The van der Waals surface area contributed by atoms with Crippen LogP contribution in [0.25, 0.3) is 0 Å². The molecule has 4 nitrogen and oxygen atoms in total. The van der Waals surface area contributed by atoms with Gasteiger partial charge in [0.05, 0.1) is 10.6 Å². The molecule has 1 amide bonds. The summed E-state index contributed by atoms with van der Waals surface area (Å²) in [5.74, 6) is -1.92. The summed E-state index contributed by atoms with van der Waals surface area (Å²) in [5.41, 5.74) is 0.459. The van der Waals surface area contributed by atoms with Crippen LogP contribution in [-0.2, 0) is 9.53 Å². The summed E-state index contributed by atoms with van der Waals surface area (Å²) in [6.45, 7) is 1.41. The van der Waals surface area contributed by atoms with Gasteiger partial charge in [-0.15, -0.1) is 0 Å². The number of ether oxygens (including phenoxy) is 1. The van der Waals surface area contributed by atoms with Gasteiger partial charge in [0.25, 0.3) is 5.91 Å². The molecule has 2 aromatic rings. The van der Waals surface area contributed by atoms with Gasteiger partial charge in [-0.25, -0.2) is 9.18 Å². The Hall–Kier alpha value is -2.11. The Bertz CT molecular complexity index is 752. The molecule has 0 aliphatic carbocycles. The lowest BCUT2D eigenvalue weighted by atomic mass is 10.2. The third kappa shape index (κ3) is 4.68.